The van der Waals surface area contributed by atoms with Crippen LogP contribution in [0.15, 0.2) is 47.3 Å². The minimum Gasteiger partial charge on any atom is -0.492 e. The first-order valence-corrected chi connectivity index (χ1v) is 9.54. The molecule has 1 aliphatic rings. The Hall–Kier alpha value is -2.77. The van der Waals surface area contributed by atoms with E-state index in [4.69, 9.17) is 9.72 Å². The average molecular weight is 382 g/mol. The number of piperazine rings is 1. The van der Waals surface area contributed by atoms with Crippen LogP contribution in [0.2, 0.25) is 0 Å². The number of benzene rings is 2. The quantitative estimate of drug-likeness (QED) is 0.734. The van der Waals surface area contributed by atoms with Gasteiger partial charge in [-0.1, -0.05) is 12.1 Å². The number of para-hydroxylation sites is 1. The molecule has 0 atom stereocenters. The fraction of sp³-hybridized carbons (Fsp3) is 0.333. The number of hydrogen-bond acceptors (Lipinski definition) is 5. The summed E-state index contributed by atoms with van der Waals surface area (Å²) in [6, 6.07) is 11.5. The Labute approximate surface area is 162 Å². The Morgan fingerprint density at radius 2 is 1.96 bits per heavy atom. The molecule has 146 valence electrons. The van der Waals surface area contributed by atoms with Crippen LogP contribution in [-0.2, 0) is 6.54 Å². The molecule has 1 fully saturated rings. The van der Waals surface area contributed by atoms with Crippen molar-refractivity contribution < 1.29 is 9.13 Å². The van der Waals surface area contributed by atoms with Gasteiger partial charge < -0.3 is 10.1 Å². The van der Waals surface area contributed by atoms with Gasteiger partial charge in [0.2, 0.25) is 0 Å². The molecule has 2 aromatic carbocycles. The summed E-state index contributed by atoms with van der Waals surface area (Å²) in [6.07, 6.45) is 0. The van der Waals surface area contributed by atoms with Crippen LogP contribution in [0.1, 0.15) is 12.7 Å². The van der Waals surface area contributed by atoms with Crippen LogP contribution >= 0.6 is 0 Å². The molecule has 7 heteroatoms. The predicted octanol–water partition coefficient (Wildman–Crippen LogP) is 2.33. The van der Waals surface area contributed by atoms with Crippen molar-refractivity contribution in [1.29, 1.82) is 0 Å². The minimum atomic E-state index is -0.405. The molecular formula is C21H23FN4O2. The summed E-state index contributed by atoms with van der Waals surface area (Å²) >= 11 is 0. The van der Waals surface area contributed by atoms with E-state index in [1.807, 2.05) is 25.1 Å². The van der Waals surface area contributed by atoms with Crippen molar-refractivity contribution in [3.8, 4) is 11.4 Å². The van der Waals surface area contributed by atoms with E-state index in [0.29, 0.717) is 41.3 Å². The number of halogens is 1. The maximum atomic E-state index is 13.8. The molecule has 28 heavy (non-hydrogen) atoms. The number of aromatic nitrogens is 2. The van der Waals surface area contributed by atoms with E-state index < -0.39 is 5.82 Å². The fourth-order valence-electron chi connectivity index (χ4n) is 3.55. The third-order valence-corrected chi connectivity index (χ3v) is 4.88. The van der Waals surface area contributed by atoms with Gasteiger partial charge in [0.25, 0.3) is 5.56 Å². The van der Waals surface area contributed by atoms with Crippen LogP contribution in [0.25, 0.3) is 16.6 Å². The molecule has 1 aliphatic heterocycles. The standard InChI is InChI=1S/C21H23FN4O2/c1-2-28-19-13-15(22)7-8-18(19)26-20(14-25-11-9-23-10-12-25)24-17-6-4-3-5-16(17)21(26)27/h3-8,13,23H,2,9-12,14H2,1H3. The average Bonchev–Trinajstić information content (AvgIpc) is 2.70. The lowest BCUT2D eigenvalue weighted by atomic mass is 10.2. The smallest absolute Gasteiger partial charge is 0.266 e. The van der Waals surface area contributed by atoms with E-state index >= 15 is 0 Å². The molecule has 0 bridgehead atoms. The van der Waals surface area contributed by atoms with Gasteiger partial charge in [-0.15, -0.1) is 0 Å². The van der Waals surface area contributed by atoms with Crippen LogP contribution < -0.4 is 15.6 Å². The Balaban J connectivity index is 1.91. The molecule has 1 aromatic heterocycles. The van der Waals surface area contributed by atoms with Crippen molar-refractivity contribution in [2.24, 2.45) is 0 Å². The van der Waals surface area contributed by atoms with E-state index in [2.05, 4.69) is 10.2 Å². The zero-order valence-electron chi connectivity index (χ0n) is 15.8. The van der Waals surface area contributed by atoms with Crippen molar-refractivity contribution in [3.63, 3.8) is 0 Å². The monoisotopic (exact) mass is 382 g/mol. The predicted molar refractivity (Wildman–Crippen MR) is 107 cm³/mol. The molecule has 0 unspecified atom stereocenters. The molecule has 0 saturated carbocycles. The van der Waals surface area contributed by atoms with E-state index in [9.17, 15) is 9.18 Å². The van der Waals surface area contributed by atoms with Crippen LogP contribution in [0.3, 0.4) is 0 Å². The zero-order chi connectivity index (χ0) is 19.5. The second-order valence-electron chi connectivity index (χ2n) is 6.76. The fourth-order valence-corrected chi connectivity index (χ4v) is 3.55. The van der Waals surface area contributed by atoms with Gasteiger partial charge in [0.05, 0.1) is 29.7 Å². The number of ether oxygens (including phenoxy) is 1. The van der Waals surface area contributed by atoms with Crippen LogP contribution in [0, 0.1) is 5.82 Å². The Bertz CT molecular complexity index is 1040. The number of hydrogen-bond donors (Lipinski definition) is 1. The van der Waals surface area contributed by atoms with E-state index in [1.54, 1.807) is 16.7 Å². The molecule has 1 N–H and O–H groups in total. The highest BCUT2D eigenvalue weighted by Gasteiger charge is 2.19. The van der Waals surface area contributed by atoms with Gasteiger partial charge in [-0.25, -0.2) is 9.37 Å². The Morgan fingerprint density at radius 3 is 2.75 bits per heavy atom. The minimum absolute atomic E-state index is 0.178. The van der Waals surface area contributed by atoms with Crippen LogP contribution in [-0.4, -0.2) is 47.2 Å². The molecule has 3 aromatic rings. The molecule has 4 rings (SSSR count). The highest BCUT2D eigenvalue weighted by atomic mass is 19.1. The summed E-state index contributed by atoms with van der Waals surface area (Å²) in [5.41, 5.74) is 0.994. The molecule has 0 radical (unpaired) electrons. The maximum absolute atomic E-state index is 13.8. The first kappa shape index (κ1) is 18.6. The molecule has 1 saturated heterocycles. The summed E-state index contributed by atoms with van der Waals surface area (Å²) in [6.45, 7) is 6.30. The lowest BCUT2D eigenvalue weighted by Gasteiger charge is -2.28. The summed E-state index contributed by atoms with van der Waals surface area (Å²) < 4.78 is 21.0. The number of nitrogens with zero attached hydrogens (tertiary/aromatic N) is 3. The second-order valence-corrected chi connectivity index (χ2v) is 6.76. The third-order valence-electron chi connectivity index (χ3n) is 4.88. The van der Waals surface area contributed by atoms with Gasteiger partial charge in [0.1, 0.15) is 17.4 Å². The number of rotatable bonds is 5. The third kappa shape index (κ3) is 3.63. The number of fused-ring (bicyclic) bond motifs is 1. The number of nitrogens with one attached hydrogen (secondary N) is 1. The molecule has 2 heterocycles. The summed E-state index contributed by atoms with van der Waals surface area (Å²) in [7, 11) is 0. The lowest BCUT2D eigenvalue weighted by molar-refractivity contribution is 0.226. The Kier molecular flexibility index (Phi) is 5.36. The maximum Gasteiger partial charge on any atom is 0.266 e. The van der Waals surface area contributed by atoms with Crippen molar-refractivity contribution in [2.45, 2.75) is 13.5 Å². The van der Waals surface area contributed by atoms with Gasteiger partial charge in [-0.05, 0) is 31.2 Å². The molecule has 0 spiro atoms. The van der Waals surface area contributed by atoms with Crippen molar-refractivity contribution in [3.05, 3.63) is 64.5 Å². The van der Waals surface area contributed by atoms with Crippen molar-refractivity contribution in [2.75, 3.05) is 32.8 Å². The highest BCUT2D eigenvalue weighted by molar-refractivity contribution is 5.78. The SMILES string of the molecule is CCOc1cc(F)ccc1-n1c(CN2CCNCC2)nc2ccccc2c1=O. The molecule has 6 nitrogen and oxygen atoms in total. The molecular weight excluding hydrogens is 359 g/mol. The van der Waals surface area contributed by atoms with Gasteiger partial charge in [-0.3, -0.25) is 14.3 Å². The van der Waals surface area contributed by atoms with Gasteiger partial charge in [0.15, 0.2) is 0 Å². The summed E-state index contributed by atoms with van der Waals surface area (Å²) in [4.78, 5) is 20.4. The van der Waals surface area contributed by atoms with Crippen molar-refractivity contribution >= 4 is 10.9 Å². The van der Waals surface area contributed by atoms with Crippen molar-refractivity contribution in [1.82, 2.24) is 19.8 Å². The van der Waals surface area contributed by atoms with Gasteiger partial charge >= 0.3 is 0 Å². The van der Waals surface area contributed by atoms with Crippen LogP contribution in [0.5, 0.6) is 5.75 Å². The van der Waals surface area contributed by atoms with E-state index in [-0.39, 0.29) is 5.56 Å². The molecule has 0 aliphatic carbocycles. The summed E-state index contributed by atoms with van der Waals surface area (Å²) in [5.74, 6) is 0.555. The normalized spacial score (nSPS) is 15.1. The van der Waals surface area contributed by atoms with Gasteiger partial charge in [-0.2, -0.15) is 0 Å². The highest BCUT2D eigenvalue weighted by Crippen LogP contribution is 2.25. The lowest BCUT2D eigenvalue weighted by Crippen LogP contribution is -2.44. The topological polar surface area (TPSA) is 59.4 Å². The van der Waals surface area contributed by atoms with E-state index in [0.717, 1.165) is 26.2 Å². The first-order valence-electron chi connectivity index (χ1n) is 9.54. The summed E-state index contributed by atoms with van der Waals surface area (Å²) in [5, 5.41) is 3.85. The first-order chi connectivity index (χ1) is 13.7. The second kappa shape index (κ2) is 8.08. The van der Waals surface area contributed by atoms with Gasteiger partial charge in [0, 0.05) is 32.2 Å². The Morgan fingerprint density at radius 1 is 1.18 bits per heavy atom. The molecule has 0 amide bonds. The zero-order valence-corrected chi connectivity index (χ0v) is 15.8. The van der Waals surface area contributed by atoms with Crippen LogP contribution in [0.4, 0.5) is 4.39 Å². The van der Waals surface area contributed by atoms with E-state index in [1.165, 1.54) is 12.1 Å². The largest absolute Gasteiger partial charge is 0.492 e.